The summed E-state index contributed by atoms with van der Waals surface area (Å²) in [7, 11) is 2.95. The molecule has 0 radical (unpaired) electrons. The van der Waals surface area contributed by atoms with Gasteiger partial charge in [0.05, 0.1) is 0 Å². The summed E-state index contributed by atoms with van der Waals surface area (Å²) < 4.78 is 18.6. The van der Waals surface area contributed by atoms with Crippen LogP contribution in [0, 0.1) is 0 Å². The summed E-state index contributed by atoms with van der Waals surface area (Å²) >= 11 is 0. The molecular weight excluding hydrogens is 644 g/mol. The number of amides is 2. The third-order valence-electron chi connectivity index (χ3n) is 9.13. The molecule has 5 rings (SSSR count). The lowest BCUT2D eigenvalue weighted by atomic mass is 9.97. The Morgan fingerprint density at radius 1 is 1.04 bits per heavy atom. The van der Waals surface area contributed by atoms with E-state index in [4.69, 9.17) is 19.9 Å². The lowest BCUT2D eigenvalue weighted by molar-refractivity contribution is -0.232. The van der Waals surface area contributed by atoms with Gasteiger partial charge < -0.3 is 50.6 Å². The number of nitrogens with zero attached hydrogens (tertiary/aromatic N) is 3. The fourth-order valence-electron chi connectivity index (χ4n) is 6.28. The van der Waals surface area contributed by atoms with E-state index in [2.05, 4.69) is 17.2 Å². The first-order chi connectivity index (χ1) is 23.4. The first kappa shape index (κ1) is 36.5. The number of likely N-dealkylation sites (N-methyl/N-ethyl adjacent to an activating group) is 2. The Kier molecular flexibility index (Phi) is 11.5. The number of hydrogen-bond donors (Lipinski definition) is 7. The number of aliphatic hydroxyl groups is 4. The van der Waals surface area contributed by atoms with Crippen LogP contribution in [0.3, 0.4) is 0 Å². The van der Waals surface area contributed by atoms with Crippen molar-refractivity contribution in [2.24, 2.45) is 5.73 Å². The maximum atomic E-state index is 14.3. The minimum absolute atomic E-state index is 0.0227. The zero-order chi connectivity index (χ0) is 35.6. The number of ether oxygens (including phenoxy) is 3. The molecule has 0 spiro atoms. The summed E-state index contributed by atoms with van der Waals surface area (Å²) in [5.41, 5.74) is 5.74. The topological polar surface area (TPSA) is 242 Å². The van der Waals surface area contributed by atoms with Crippen LogP contribution in [-0.2, 0) is 30.2 Å². The van der Waals surface area contributed by atoms with E-state index in [-0.39, 0.29) is 18.8 Å². The van der Waals surface area contributed by atoms with Crippen LogP contribution in [-0.4, -0.2) is 134 Å². The summed E-state index contributed by atoms with van der Waals surface area (Å²) in [6.45, 7) is 1.96. The van der Waals surface area contributed by atoms with Gasteiger partial charge in [0.25, 0.3) is 11.5 Å². The van der Waals surface area contributed by atoms with Crippen LogP contribution < -0.4 is 22.3 Å². The molecule has 3 aliphatic rings. The molecule has 268 valence electrons. The van der Waals surface area contributed by atoms with Crippen molar-refractivity contribution in [3.8, 4) is 0 Å². The Morgan fingerprint density at radius 2 is 1.76 bits per heavy atom. The quantitative estimate of drug-likeness (QED) is 0.130. The monoisotopic (exact) mass is 688 g/mol. The summed E-state index contributed by atoms with van der Waals surface area (Å²) in [5, 5.41) is 46.3. The Bertz CT molecular complexity index is 1630. The smallest absolute Gasteiger partial charge is 0.330 e. The molecule has 8 N–H and O–H groups in total. The molecule has 1 aromatic heterocycles. The normalized spacial score (nSPS) is 31.4. The van der Waals surface area contributed by atoms with Gasteiger partial charge in [0.15, 0.2) is 12.5 Å². The van der Waals surface area contributed by atoms with Gasteiger partial charge in [-0.1, -0.05) is 25.5 Å². The van der Waals surface area contributed by atoms with Gasteiger partial charge in [0.2, 0.25) is 5.91 Å². The molecule has 0 bridgehead atoms. The van der Waals surface area contributed by atoms with Gasteiger partial charge in [0, 0.05) is 38.1 Å². The number of nitrogens with one attached hydrogen (secondary N) is 2. The predicted molar refractivity (Wildman–Crippen MR) is 173 cm³/mol. The van der Waals surface area contributed by atoms with Crippen molar-refractivity contribution in [3.05, 3.63) is 74.7 Å². The Balaban J connectivity index is 1.43. The van der Waals surface area contributed by atoms with E-state index in [1.807, 2.05) is 12.1 Å². The highest BCUT2D eigenvalue weighted by atomic mass is 16.7. The zero-order valence-electron chi connectivity index (χ0n) is 27.4. The number of aromatic nitrogens is 2. The highest BCUT2D eigenvalue weighted by molar-refractivity contribution is 6.06. The van der Waals surface area contributed by atoms with Crippen molar-refractivity contribution in [2.75, 3.05) is 32.5 Å². The third kappa shape index (κ3) is 7.54. The van der Waals surface area contributed by atoms with Crippen molar-refractivity contribution in [1.29, 1.82) is 0 Å². The molecule has 0 aliphatic carbocycles. The van der Waals surface area contributed by atoms with E-state index < -0.39 is 84.4 Å². The standard InChI is InChI=1S/C32H44N6O11/c1-4-5-6-16-7-9-17(10-8-16)34-28(44)18-11-13-36(2)21(29(45)37(18)3)26(49-31-25(43)22(40)19(15-33)47-31)27-23(41)24(42)30(48-27)38-14-12-20(39)35-32(38)46/h7-12,14,19,21-27,30-31,40-43H,4-6,13,15,33H2,1-3H3,(H,34,44)(H,35,39,46)/t19-,21+,22?,23?,24?,25?,26+,27+,30-,31+/m1/s1. The molecule has 2 amide bonds. The summed E-state index contributed by atoms with van der Waals surface area (Å²) in [6.07, 6.45) is -8.12. The number of nitrogens with two attached hydrogens (primary N) is 1. The van der Waals surface area contributed by atoms with E-state index in [0.29, 0.717) is 5.69 Å². The average molecular weight is 689 g/mol. The molecule has 4 unspecified atom stereocenters. The molecule has 1 aromatic carbocycles. The van der Waals surface area contributed by atoms with Crippen molar-refractivity contribution >= 4 is 17.5 Å². The van der Waals surface area contributed by atoms with Crippen molar-refractivity contribution < 1.29 is 44.2 Å². The molecule has 49 heavy (non-hydrogen) atoms. The van der Waals surface area contributed by atoms with Gasteiger partial charge in [-0.05, 0) is 43.7 Å². The van der Waals surface area contributed by atoms with Gasteiger partial charge >= 0.3 is 5.69 Å². The number of carbonyl (C=O) groups is 2. The van der Waals surface area contributed by atoms with Crippen molar-refractivity contribution in [1.82, 2.24) is 19.4 Å². The SMILES string of the molecule is CCCCc1ccc(NC(=O)C2=CCN(C)[C@@H]([C@H](O[C@@H]3O[C@H](CN)C(O)C3O)[C@H]3O[C@@H](n4ccc(=O)[nH]c4=O)C(O)C3O)C(=O)N2C)cc1. The van der Waals surface area contributed by atoms with E-state index >= 15 is 0 Å². The minimum atomic E-state index is -1.77. The lowest BCUT2D eigenvalue weighted by Crippen LogP contribution is -2.59. The van der Waals surface area contributed by atoms with E-state index in [1.165, 1.54) is 11.9 Å². The van der Waals surface area contributed by atoms with Crippen LogP contribution in [0.5, 0.6) is 0 Å². The van der Waals surface area contributed by atoms with Gasteiger partial charge in [-0.15, -0.1) is 0 Å². The lowest BCUT2D eigenvalue weighted by Gasteiger charge is -2.38. The zero-order valence-corrected chi connectivity index (χ0v) is 27.4. The second-order valence-electron chi connectivity index (χ2n) is 12.5. The number of benzene rings is 1. The van der Waals surface area contributed by atoms with Crippen LogP contribution in [0.1, 0.15) is 31.6 Å². The van der Waals surface area contributed by atoms with Gasteiger partial charge in [-0.3, -0.25) is 28.8 Å². The fourth-order valence-corrected chi connectivity index (χ4v) is 6.28. The highest BCUT2D eigenvalue weighted by Crippen LogP contribution is 2.36. The van der Waals surface area contributed by atoms with E-state index in [0.717, 1.165) is 46.6 Å². The molecule has 3 aliphatic heterocycles. The van der Waals surface area contributed by atoms with E-state index in [1.54, 1.807) is 25.3 Å². The summed E-state index contributed by atoms with van der Waals surface area (Å²) in [5.74, 6) is -1.24. The molecule has 0 saturated carbocycles. The molecule has 17 heteroatoms. The molecule has 2 aromatic rings. The fraction of sp³-hybridized carbons (Fsp3) is 0.562. The van der Waals surface area contributed by atoms with Crippen molar-refractivity contribution in [2.45, 2.75) is 87.5 Å². The number of carbonyl (C=O) groups excluding carboxylic acids is 2. The molecule has 4 heterocycles. The number of aryl methyl sites for hydroxylation is 1. The van der Waals surface area contributed by atoms with Crippen LogP contribution >= 0.6 is 0 Å². The molecule has 2 fully saturated rings. The second kappa shape index (κ2) is 15.4. The average Bonchev–Trinajstić information content (AvgIpc) is 3.48. The number of aliphatic hydroxyl groups excluding tert-OH is 4. The number of anilines is 1. The molecule has 10 atom stereocenters. The van der Waals surface area contributed by atoms with Crippen LogP contribution in [0.15, 0.2) is 57.9 Å². The Labute approximate surface area is 281 Å². The maximum Gasteiger partial charge on any atom is 0.330 e. The molecular formula is C32H44N6O11. The van der Waals surface area contributed by atoms with E-state index in [9.17, 15) is 39.6 Å². The molecule has 17 nitrogen and oxygen atoms in total. The first-order valence-electron chi connectivity index (χ1n) is 16.1. The Morgan fingerprint density at radius 3 is 2.39 bits per heavy atom. The summed E-state index contributed by atoms with van der Waals surface area (Å²) in [6, 6.07) is 7.10. The van der Waals surface area contributed by atoms with Gasteiger partial charge in [-0.2, -0.15) is 0 Å². The maximum absolute atomic E-state index is 14.3. The second-order valence-corrected chi connectivity index (χ2v) is 12.5. The van der Waals surface area contributed by atoms with Gasteiger partial charge in [-0.25, -0.2) is 4.79 Å². The van der Waals surface area contributed by atoms with Crippen LogP contribution in [0.4, 0.5) is 5.69 Å². The number of hydrogen-bond acceptors (Lipinski definition) is 13. The largest absolute Gasteiger partial charge is 0.387 e. The predicted octanol–water partition coefficient (Wildman–Crippen LogP) is -2.42. The number of rotatable bonds is 11. The van der Waals surface area contributed by atoms with Crippen molar-refractivity contribution in [3.63, 3.8) is 0 Å². The number of H-pyrrole nitrogens is 1. The first-order valence-corrected chi connectivity index (χ1v) is 16.1. The van der Waals surface area contributed by atoms with Crippen LogP contribution in [0.25, 0.3) is 0 Å². The number of aromatic amines is 1. The van der Waals surface area contributed by atoms with Gasteiger partial charge in [0.1, 0.15) is 54.5 Å². The minimum Gasteiger partial charge on any atom is -0.387 e. The Hall–Kier alpha value is -3.78. The van der Waals surface area contributed by atoms with Crippen LogP contribution in [0.2, 0.25) is 0 Å². The third-order valence-corrected chi connectivity index (χ3v) is 9.13. The molecule has 2 saturated heterocycles. The summed E-state index contributed by atoms with van der Waals surface area (Å²) in [4.78, 5) is 56.6. The number of unbranched alkanes of at least 4 members (excludes halogenated alkanes) is 1. The highest BCUT2D eigenvalue weighted by Gasteiger charge is 2.55.